The van der Waals surface area contributed by atoms with Crippen molar-refractivity contribution in [1.29, 1.82) is 0 Å². The molecule has 0 radical (unpaired) electrons. The highest BCUT2D eigenvalue weighted by molar-refractivity contribution is 5.94. The minimum Gasteiger partial charge on any atom is -0.508 e. The Hall–Kier alpha value is -2.56. The van der Waals surface area contributed by atoms with Crippen molar-refractivity contribution in [2.75, 3.05) is 11.9 Å². The van der Waals surface area contributed by atoms with E-state index in [9.17, 15) is 9.90 Å². The zero-order valence-corrected chi connectivity index (χ0v) is 11.2. The van der Waals surface area contributed by atoms with Crippen LogP contribution in [0.1, 0.15) is 22.8 Å². The molecule has 0 saturated carbocycles. The highest BCUT2D eigenvalue weighted by Crippen LogP contribution is 2.19. The van der Waals surface area contributed by atoms with Crippen LogP contribution in [0.25, 0.3) is 0 Å². The molecule has 1 aromatic carbocycles. The number of benzene rings is 1. The second-order valence-corrected chi connectivity index (χ2v) is 4.10. The van der Waals surface area contributed by atoms with Crippen LogP contribution in [-0.4, -0.2) is 22.7 Å². The van der Waals surface area contributed by atoms with Gasteiger partial charge in [-0.15, -0.1) is 0 Å². The zero-order valence-electron chi connectivity index (χ0n) is 11.2. The summed E-state index contributed by atoms with van der Waals surface area (Å²) >= 11 is 0. The van der Waals surface area contributed by atoms with Gasteiger partial charge in [-0.05, 0) is 25.1 Å². The van der Waals surface area contributed by atoms with Crippen molar-refractivity contribution in [3.05, 3.63) is 53.7 Å². The zero-order chi connectivity index (χ0) is 14.4. The number of phenols is 1. The average Bonchev–Trinajstić information content (AvgIpc) is 2.47. The smallest absolute Gasteiger partial charge is 0.341 e. The molecule has 0 unspecified atom stereocenters. The number of nitrogens with zero attached hydrogens (tertiary/aromatic N) is 1. The van der Waals surface area contributed by atoms with Gasteiger partial charge in [-0.3, -0.25) is 0 Å². The Bertz CT molecular complexity index is 599. The van der Waals surface area contributed by atoms with Crippen LogP contribution < -0.4 is 5.32 Å². The molecule has 2 aromatic rings. The number of hydrogen-bond acceptors (Lipinski definition) is 5. The Morgan fingerprint density at radius 1 is 1.30 bits per heavy atom. The number of anilines is 1. The fourth-order valence-corrected chi connectivity index (χ4v) is 1.76. The van der Waals surface area contributed by atoms with Gasteiger partial charge < -0.3 is 15.2 Å². The highest BCUT2D eigenvalue weighted by Gasteiger charge is 2.13. The van der Waals surface area contributed by atoms with Crippen molar-refractivity contribution < 1.29 is 14.6 Å². The van der Waals surface area contributed by atoms with Gasteiger partial charge in [-0.1, -0.05) is 18.2 Å². The predicted molar refractivity (Wildman–Crippen MR) is 75.6 cm³/mol. The lowest BCUT2D eigenvalue weighted by atomic mass is 10.2. The van der Waals surface area contributed by atoms with Crippen LogP contribution in [0.5, 0.6) is 5.75 Å². The first-order valence-electron chi connectivity index (χ1n) is 6.35. The third-order valence-electron chi connectivity index (χ3n) is 2.74. The molecule has 0 atom stereocenters. The summed E-state index contributed by atoms with van der Waals surface area (Å²) in [6, 6.07) is 10.3. The van der Waals surface area contributed by atoms with E-state index in [1.54, 1.807) is 43.5 Å². The first-order chi connectivity index (χ1) is 9.72. The normalized spacial score (nSPS) is 10.1. The summed E-state index contributed by atoms with van der Waals surface area (Å²) in [5.74, 6) is 0.225. The topological polar surface area (TPSA) is 71.5 Å². The van der Waals surface area contributed by atoms with Gasteiger partial charge in [-0.2, -0.15) is 0 Å². The third kappa shape index (κ3) is 3.26. The van der Waals surface area contributed by atoms with E-state index < -0.39 is 5.97 Å². The quantitative estimate of drug-likeness (QED) is 0.818. The van der Waals surface area contributed by atoms with Gasteiger partial charge in [0.15, 0.2) is 0 Å². The van der Waals surface area contributed by atoms with Crippen molar-refractivity contribution >= 4 is 11.8 Å². The second kappa shape index (κ2) is 6.56. The molecule has 5 heteroatoms. The fraction of sp³-hybridized carbons (Fsp3) is 0.200. The van der Waals surface area contributed by atoms with Crippen LogP contribution >= 0.6 is 0 Å². The minimum atomic E-state index is -0.416. The second-order valence-electron chi connectivity index (χ2n) is 4.10. The Morgan fingerprint density at radius 2 is 2.10 bits per heavy atom. The predicted octanol–water partition coefficient (Wildman–Crippen LogP) is 2.58. The van der Waals surface area contributed by atoms with E-state index in [0.29, 0.717) is 24.5 Å². The number of carbonyl (C=O) groups is 1. The molecule has 0 spiro atoms. The van der Waals surface area contributed by atoms with Gasteiger partial charge in [0.1, 0.15) is 17.1 Å². The maximum atomic E-state index is 11.8. The van der Waals surface area contributed by atoms with Gasteiger partial charge in [-0.25, -0.2) is 9.78 Å². The number of aromatic nitrogens is 1. The molecule has 1 aromatic heterocycles. The lowest BCUT2D eigenvalue weighted by Crippen LogP contribution is -2.11. The SMILES string of the molecule is CCOC(=O)c1cccnc1NCc1ccccc1O. The van der Waals surface area contributed by atoms with Crippen LogP contribution in [-0.2, 0) is 11.3 Å². The molecule has 0 aliphatic carbocycles. The summed E-state index contributed by atoms with van der Waals surface area (Å²) in [6.07, 6.45) is 1.59. The molecule has 0 bridgehead atoms. The molecular formula is C15H16N2O3. The van der Waals surface area contributed by atoms with Crippen molar-refractivity contribution in [3.63, 3.8) is 0 Å². The Kier molecular flexibility index (Phi) is 4.55. The van der Waals surface area contributed by atoms with E-state index in [1.807, 2.05) is 6.07 Å². The standard InChI is InChI=1S/C15H16N2O3/c1-2-20-15(19)12-7-5-9-16-14(12)17-10-11-6-3-4-8-13(11)18/h3-9,18H,2,10H2,1H3,(H,16,17). The summed E-state index contributed by atoms with van der Waals surface area (Å²) in [5, 5.41) is 12.7. The third-order valence-corrected chi connectivity index (χ3v) is 2.74. The first kappa shape index (κ1) is 13.9. The molecule has 2 rings (SSSR count). The number of phenolic OH excluding ortho intramolecular Hbond substituents is 1. The van der Waals surface area contributed by atoms with E-state index in [1.165, 1.54) is 0 Å². The molecular weight excluding hydrogens is 256 g/mol. The van der Waals surface area contributed by atoms with Gasteiger partial charge in [0.25, 0.3) is 0 Å². The number of ether oxygens (including phenoxy) is 1. The summed E-state index contributed by atoms with van der Waals surface area (Å²) in [7, 11) is 0. The summed E-state index contributed by atoms with van der Waals surface area (Å²) in [6.45, 7) is 2.44. The fourth-order valence-electron chi connectivity index (χ4n) is 1.76. The number of hydrogen-bond donors (Lipinski definition) is 2. The van der Waals surface area contributed by atoms with Gasteiger partial charge >= 0.3 is 5.97 Å². The molecule has 0 fully saturated rings. The maximum Gasteiger partial charge on any atom is 0.341 e. The molecule has 104 valence electrons. The van der Waals surface area contributed by atoms with Crippen LogP contribution in [0.2, 0.25) is 0 Å². The van der Waals surface area contributed by atoms with Crippen LogP contribution in [0.3, 0.4) is 0 Å². The van der Waals surface area contributed by atoms with E-state index in [0.717, 1.165) is 5.56 Å². The van der Waals surface area contributed by atoms with Crippen molar-refractivity contribution in [1.82, 2.24) is 4.98 Å². The van der Waals surface area contributed by atoms with Crippen LogP contribution in [0.15, 0.2) is 42.6 Å². The first-order valence-corrected chi connectivity index (χ1v) is 6.35. The summed E-state index contributed by atoms with van der Waals surface area (Å²) in [4.78, 5) is 15.9. The van der Waals surface area contributed by atoms with E-state index in [-0.39, 0.29) is 5.75 Å². The van der Waals surface area contributed by atoms with Crippen molar-refractivity contribution in [2.45, 2.75) is 13.5 Å². The number of para-hydroxylation sites is 1. The van der Waals surface area contributed by atoms with Crippen LogP contribution in [0, 0.1) is 0 Å². The number of rotatable bonds is 5. The molecule has 0 aliphatic heterocycles. The molecule has 20 heavy (non-hydrogen) atoms. The number of carbonyl (C=O) groups excluding carboxylic acids is 1. The Balaban J connectivity index is 2.14. The number of aromatic hydroxyl groups is 1. The van der Waals surface area contributed by atoms with Crippen molar-refractivity contribution in [3.8, 4) is 5.75 Å². The number of nitrogens with one attached hydrogen (secondary N) is 1. The van der Waals surface area contributed by atoms with Crippen LogP contribution in [0.4, 0.5) is 5.82 Å². The molecule has 1 heterocycles. The average molecular weight is 272 g/mol. The highest BCUT2D eigenvalue weighted by atomic mass is 16.5. The van der Waals surface area contributed by atoms with Gasteiger partial charge in [0.05, 0.1) is 6.61 Å². The number of esters is 1. The Labute approximate surface area is 117 Å². The molecule has 0 saturated heterocycles. The monoisotopic (exact) mass is 272 g/mol. The van der Waals surface area contributed by atoms with E-state index >= 15 is 0 Å². The minimum absolute atomic E-state index is 0.202. The van der Waals surface area contributed by atoms with Gasteiger partial charge in [0, 0.05) is 18.3 Å². The van der Waals surface area contributed by atoms with E-state index in [2.05, 4.69) is 10.3 Å². The lowest BCUT2D eigenvalue weighted by Gasteiger charge is -2.10. The molecule has 2 N–H and O–H groups in total. The Morgan fingerprint density at radius 3 is 2.85 bits per heavy atom. The summed E-state index contributed by atoms with van der Waals surface area (Å²) in [5.41, 5.74) is 1.11. The summed E-state index contributed by atoms with van der Waals surface area (Å²) < 4.78 is 4.98. The molecule has 0 amide bonds. The molecule has 5 nitrogen and oxygen atoms in total. The van der Waals surface area contributed by atoms with Gasteiger partial charge in [0.2, 0.25) is 0 Å². The lowest BCUT2D eigenvalue weighted by molar-refractivity contribution is 0.0527. The van der Waals surface area contributed by atoms with E-state index in [4.69, 9.17) is 4.74 Å². The van der Waals surface area contributed by atoms with Crippen molar-refractivity contribution in [2.24, 2.45) is 0 Å². The number of pyridine rings is 1. The largest absolute Gasteiger partial charge is 0.508 e. The molecule has 0 aliphatic rings. The maximum absolute atomic E-state index is 11.8.